The maximum absolute atomic E-state index is 3.93. The molecule has 0 aliphatic heterocycles. The zero-order valence-electron chi connectivity index (χ0n) is 19.3. The van der Waals surface area contributed by atoms with Crippen molar-refractivity contribution < 1.29 is 0 Å². The Kier molecular flexibility index (Phi) is 24.0. The molecule has 0 aromatic heterocycles. The van der Waals surface area contributed by atoms with Crippen molar-refractivity contribution in [3.05, 3.63) is 13.8 Å². The Labute approximate surface area is 174 Å². The molecule has 0 aliphatic carbocycles. The molecule has 0 rings (SSSR count). The van der Waals surface area contributed by atoms with Gasteiger partial charge < -0.3 is 0 Å². The molecule has 0 bridgehead atoms. The second-order valence-corrected chi connectivity index (χ2v) is 9.11. The van der Waals surface area contributed by atoms with Crippen molar-refractivity contribution in [1.29, 1.82) is 0 Å². The second kappa shape index (κ2) is 24.0. The first-order valence-electron chi connectivity index (χ1n) is 12.9. The fraction of sp³-hybridized carbons (Fsp3) is 0.926. The average molecular weight is 379 g/mol. The first-order chi connectivity index (χ1) is 13.3. The highest BCUT2D eigenvalue weighted by atomic mass is 14.1. The Bertz CT molecular complexity index is 244. The Balaban J connectivity index is 3.05. The predicted octanol–water partition coefficient (Wildman–Crippen LogP) is 10.3. The summed E-state index contributed by atoms with van der Waals surface area (Å²) in [4.78, 5) is 0. The van der Waals surface area contributed by atoms with Gasteiger partial charge in [-0.1, -0.05) is 168 Å². The molecule has 1 unspecified atom stereocenters. The zero-order chi connectivity index (χ0) is 19.8. The SMILES string of the molecule is [CH2]CCCCCCCCCCCCCCCCCCCC(C)CCCC[CH2]. The van der Waals surface area contributed by atoms with Gasteiger partial charge in [-0.2, -0.15) is 0 Å². The summed E-state index contributed by atoms with van der Waals surface area (Å²) in [6, 6.07) is 0. The van der Waals surface area contributed by atoms with Gasteiger partial charge in [0, 0.05) is 0 Å². The Morgan fingerprint density at radius 3 is 0.926 bits per heavy atom. The summed E-state index contributed by atoms with van der Waals surface area (Å²) < 4.78 is 0. The van der Waals surface area contributed by atoms with Crippen LogP contribution in [0.2, 0.25) is 0 Å². The largest absolute Gasteiger partial charge is 0.0625 e. The van der Waals surface area contributed by atoms with Crippen LogP contribution in [0.4, 0.5) is 0 Å². The first-order valence-corrected chi connectivity index (χ1v) is 12.9. The normalized spacial score (nSPS) is 12.6. The lowest BCUT2D eigenvalue weighted by Gasteiger charge is -2.10. The van der Waals surface area contributed by atoms with Gasteiger partial charge in [0.25, 0.3) is 0 Å². The lowest BCUT2D eigenvalue weighted by Crippen LogP contribution is -1.94. The van der Waals surface area contributed by atoms with Crippen LogP contribution in [0.15, 0.2) is 0 Å². The van der Waals surface area contributed by atoms with E-state index in [-0.39, 0.29) is 0 Å². The van der Waals surface area contributed by atoms with E-state index in [9.17, 15) is 0 Å². The molecule has 0 aromatic rings. The molecule has 0 aliphatic rings. The summed E-state index contributed by atoms with van der Waals surface area (Å²) in [5, 5.41) is 0. The van der Waals surface area contributed by atoms with Crippen LogP contribution in [-0.2, 0) is 0 Å². The third kappa shape index (κ3) is 24.0. The Hall–Kier alpha value is 0. The molecule has 0 aromatic carbocycles. The van der Waals surface area contributed by atoms with Gasteiger partial charge in [0.1, 0.15) is 0 Å². The molecule has 0 nitrogen and oxygen atoms in total. The lowest BCUT2D eigenvalue weighted by atomic mass is 9.96. The van der Waals surface area contributed by atoms with E-state index in [1.165, 1.54) is 135 Å². The second-order valence-electron chi connectivity index (χ2n) is 9.11. The maximum Gasteiger partial charge on any atom is -0.0443 e. The fourth-order valence-electron chi connectivity index (χ4n) is 4.14. The highest BCUT2D eigenvalue weighted by Gasteiger charge is 2.01. The van der Waals surface area contributed by atoms with E-state index in [1.54, 1.807) is 0 Å². The van der Waals surface area contributed by atoms with Crippen LogP contribution in [-0.4, -0.2) is 0 Å². The fourth-order valence-corrected chi connectivity index (χ4v) is 4.14. The summed E-state index contributed by atoms with van der Waals surface area (Å²) >= 11 is 0. The molecule has 0 amide bonds. The third-order valence-corrected chi connectivity index (χ3v) is 6.14. The molecule has 0 spiro atoms. The third-order valence-electron chi connectivity index (χ3n) is 6.14. The van der Waals surface area contributed by atoms with Gasteiger partial charge in [-0.05, 0) is 5.92 Å². The minimum absolute atomic E-state index is 0.940. The van der Waals surface area contributed by atoms with Crippen molar-refractivity contribution in [2.75, 3.05) is 0 Å². The van der Waals surface area contributed by atoms with E-state index in [1.807, 2.05) is 0 Å². The highest BCUT2D eigenvalue weighted by molar-refractivity contribution is 4.56. The van der Waals surface area contributed by atoms with Crippen LogP contribution >= 0.6 is 0 Å². The van der Waals surface area contributed by atoms with Crippen molar-refractivity contribution in [2.45, 2.75) is 155 Å². The van der Waals surface area contributed by atoms with E-state index in [2.05, 4.69) is 20.8 Å². The minimum atomic E-state index is 0.940. The predicted molar refractivity (Wildman–Crippen MR) is 126 cm³/mol. The molecular weight excluding hydrogens is 324 g/mol. The van der Waals surface area contributed by atoms with E-state index < -0.39 is 0 Å². The number of hydrogen-bond donors (Lipinski definition) is 0. The van der Waals surface area contributed by atoms with E-state index >= 15 is 0 Å². The topological polar surface area (TPSA) is 0 Å². The van der Waals surface area contributed by atoms with Gasteiger partial charge in [-0.3, -0.25) is 0 Å². The van der Waals surface area contributed by atoms with Crippen molar-refractivity contribution in [1.82, 2.24) is 0 Å². The van der Waals surface area contributed by atoms with E-state index in [0.717, 1.165) is 18.8 Å². The minimum Gasteiger partial charge on any atom is -0.0625 e. The quantitative estimate of drug-likeness (QED) is 0.155. The van der Waals surface area contributed by atoms with Crippen molar-refractivity contribution in [3.63, 3.8) is 0 Å². The van der Waals surface area contributed by atoms with Gasteiger partial charge in [-0.25, -0.2) is 0 Å². The summed E-state index contributed by atoms with van der Waals surface area (Å²) in [6.45, 7) is 10.3. The van der Waals surface area contributed by atoms with Crippen molar-refractivity contribution in [2.24, 2.45) is 5.92 Å². The van der Waals surface area contributed by atoms with Crippen LogP contribution in [0.5, 0.6) is 0 Å². The average Bonchev–Trinajstić information content (AvgIpc) is 2.67. The zero-order valence-corrected chi connectivity index (χ0v) is 19.3. The summed E-state index contributed by atoms with van der Waals surface area (Å²) in [5.41, 5.74) is 0. The number of hydrogen-bond acceptors (Lipinski definition) is 0. The van der Waals surface area contributed by atoms with Gasteiger partial charge in [0.2, 0.25) is 0 Å². The van der Waals surface area contributed by atoms with Gasteiger partial charge in [0.05, 0.1) is 0 Å². The van der Waals surface area contributed by atoms with E-state index in [4.69, 9.17) is 0 Å². The lowest BCUT2D eigenvalue weighted by molar-refractivity contribution is 0.437. The molecule has 2 radical (unpaired) electrons. The van der Waals surface area contributed by atoms with Gasteiger partial charge >= 0.3 is 0 Å². The van der Waals surface area contributed by atoms with Gasteiger partial charge in [-0.15, -0.1) is 0 Å². The smallest absolute Gasteiger partial charge is 0.0443 e. The summed E-state index contributed by atoms with van der Waals surface area (Å²) in [7, 11) is 0. The molecule has 0 heteroatoms. The molecule has 0 N–H and O–H groups in total. The number of rotatable bonds is 23. The molecule has 1 atom stereocenters. The van der Waals surface area contributed by atoms with E-state index in [0.29, 0.717) is 0 Å². The molecule has 0 heterocycles. The molecule has 0 saturated heterocycles. The van der Waals surface area contributed by atoms with Crippen molar-refractivity contribution >= 4 is 0 Å². The number of unbranched alkanes of at least 4 members (excludes halogenated alkanes) is 19. The van der Waals surface area contributed by atoms with Crippen LogP contribution in [0, 0.1) is 19.8 Å². The van der Waals surface area contributed by atoms with Gasteiger partial charge in [0.15, 0.2) is 0 Å². The van der Waals surface area contributed by atoms with Crippen LogP contribution in [0.25, 0.3) is 0 Å². The molecule has 162 valence electrons. The standard InChI is InChI=1S/C27H54/c1-4-6-8-9-10-11-12-13-14-15-16-17-18-19-20-21-22-24-26-27(3)25-23-7-5-2/h27H,1-2,4-26H2,3H3. The van der Waals surface area contributed by atoms with Crippen LogP contribution < -0.4 is 0 Å². The summed E-state index contributed by atoms with van der Waals surface area (Å²) in [5.74, 6) is 0.940. The molecular formula is C27H54. The Morgan fingerprint density at radius 2 is 0.593 bits per heavy atom. The molecule has 0 saturated carbocycles. The Morgan fingerprint density at radius 1 is 0.370 bits per heavy atom. The van der Waals surface area contributed by atoms with Crippen LogP contribution in [0.1, 0.15) is 155 Å². The molecule has 27 heavy (non-hydrogen) atoms. The maximum atomic E-state index is 3.93. The summed E-state index contributed by atoms with van der Waals surface area (Å²) in [6.07, 6.45) is 32.6. The monoisotopic (exact) mass is 378 g/mol. The van der Waals surface area contributed by atoms with Crippen molar-refractivity contribution in [3.8, 4) is 0 Å². The highest BCUT2D eigenvalue weighted by Crippen LogP contribution is 2.18. The first kappa shape index (κ1) is 27.0. The molecule has 0 fully saturated rings. The van der Waals surface area contributed by atoms with Crippen LogP contribution in [0.3, 0.4) is 0 Å².